The molecule has 1 amide bonds. The number of aromatic nitrogens is 4. The zero-order valence-electron chi connectivity index (χ0n) is 22.2. The van der Waals surface area contributed by atoms with E-state index in [-0.39, 0.29) is 42.2 Å². The fourth-order valence-corrected chi connectivity index (χ4v) is 4.84. The molecule has 0 spiro atoms. The molecule has 12 heteroatoms. The number of esters is 1. The molecule has 2 aromatic carbocycles. The SMILES string of the molecule is CC(=O)CCC(=O)O[C@H]1C[C@H](n2cnc3c(=O)[nH]c(NC(=O)C(c4ccccc4)c4ccccc4)nc32)O[C@@H]1CO. The number of aliphatic hydroxyl groups is 1. The number of hydrogen-bond acceptors (Lipinski definition) is 9. The van der Waals surface area contributed by atoms with Gasteiger partial charge in [-0.3, -0.25) is 29.3 Å². The highest BCUT2D eigenvalue weighted by molar-refractivity contribution is 5.97. The molecule has 0 aliphatic carbocycles. The van der Waals surface area contributed by atoms with E-state index in [2.05, 4.69) is 20.3 Å². The van der Waals surface area contributed by atoms with Gasteiger partial charge in [0.1, 0.15) is 24.2 Å². The van der Waals surface area contributed by atoms with E-state index in [1.165, 1.54) is 17.8 Å². The van der Waals surface area contributed by atoms with Crippen LogP contribution in [0.15, 0.2) is 71.8 Å². The predicted molar refractivity (Wildman–Crippen MR) is 147 cm³/mol. The van der Waals surface area contributed by atoms with Crippen LogP contribution < -0.4 is 10.9 Å². The Hall–Kier alpha value is -4.68. The van der Waals surface area contributed by atoms with E-state index < -0.39 is 48.4 Å². The number of hydrogen-bond donors (Lipinski definition) is 3. The number of ether oxygens (including phenoxy) is 2. The van der Waals surface area contributed by atoms with Crippen LogP contribution in [0.4, 0.5) is 5.95 Å². The Morgan fingerprint density at radius 1 is 1.10 bits per heavy atom. The van der Waals surface area contributed by atoms with Gasteiger partial charge in [0, 0.05) is 12.8 Å². The molecule has 212 valence electrons. The summed E-state index contributed by atoms with van der Waals surface area (Å²) in [6, 6.07) is 18.5. The topological polar surface area (TPSA) is 166 Å². The van der Waals surface area contributed by atoms with Gasteiger partial charge in [-0.25, -0.2) is 4.98 Å². The van der Waals surface area contributed by atoms with E-state index in [0.717, 1.165) is 11.1 Å². The summed E-state index contributed by atoms with van der Waals surface area (Å²) in [5, 5.41) is 12.5. The van der Waals surface area contributed by atoms with Crippen molar-refractivity contribution in [1.82, 2.24) is 19.5 Å². The summed E-state index contributed by atoms with van der Waals surface area (Å²) >= 11 is 0. The quantitative estimate of drug-likeness (QED) is 0.247. The minimum atomic E-state index is -0.822. The zero-order chi connectivity index (χ0) is 28.9. The molecule has 1 fully saturated rings. The van der Waals surface area contributed by atoms with Crippen molar-refractivity contribution in [2.75, 3.05) is 11.9 Å². The van der Waals surface area contributed by atoms with Crippen molar-refractivity contribution in [3.63, 3.8) is 0 Å². The Bertz CT molecular complexity index is 1560. The van der Waals surface area contributed by atoms with Crippen LogP contribution in [0.25, 0.3) is 11.2 Å². The molecule has 0 bridgehead atoms. The van der Waals surface area contributed by atoms with Crippen molar-refractivity contribution in [2.45, 2.75) is 50.5 Å². The third-order valence-electron chi connectivity index (χ3n) is 6.84. The Labute approximate surface area is 234 Å². The van der Waals surface area contributed by atoms with Gasteiger partial charge < -0.3 is 19.4 Å². The van der Waals surface area contributed by atoms with E-state index in [1.807, 2.05) is 60.7 Å². The van der Waals surface area contributed by atoms with Crippen LogP contribution in [0, 0.1) is 0 Å². The minimum Gasteiger partial charge on any atom is -0.459 e. The molecule has 3 atom stereocenters. The number of aromatic amines is 1. The van der Waals surface area contributed by atoms with Crippen LogP contribution in [0.2, 0.25) is 0 Å². The molecule has 3 N–H and O–H groups in total. The summed E-state index contributed by atoms with van der Waals surface area (Å²) < 4.78 is 12.9. The van der Waals surface area contributed by atoms with Gasteiger partial charge in [0.05, 0.1) is 25.3 Å². The molecular weight excluding hydrogens is 530 g/mol. The van der Waals surface area contributed by atoms with Gasteiger partial charge in [-0.05, 0) is 18.1 Å². The first-order valence-corrected chi connectivity index (χ1v) is 13.2. The number of aliphatic hydroxyl groups excluding tert-OH is 1. The second-order valence-electron chi connectivity index (χ2n) is 9.76. The Morgan fingerprint density at radius 2 is 1.76 bits per heavy atom. The fraction of sp³-hybridized carbons (Fsp3) is 0.310. The van der Waals surface area contributed by atoms with Gasteiger partial charge in [-0.1, -0.05) is 60.7 Å². The number of H-pyrrole nitrogens is 1. The predicted octanol–water partition coefficient (Wildman–Crippen LogP) is 2.45. The van der Waals surface area contributed by atoms with Crippen molar-refractivity contribution in [2.24, 2.45) is 0 Å². The lowest BCUT2D eigenvalue weighted by atomic mass is 9.90. The summed E-state index contributed by atoms with van der Waals surface area (Å²) in [5.74, 6) is -1.84. The van der Waals surface area contributed by atoms with Crippen LogP contribution >= 0.6 is 0 Å². The van der Waals surface area contributed by atoms with Crippen molar-refractivity contribution in [3.05, 3.63) is 88.5 Å². The first-order chi connectivity index (χ1) is 19.8. The summed E-state index contributed by atoms with van der Waals surface area (Å²) in [6.45, 7) is 0.973. The van der Waals surface area contributed by atoms with Crippen molar-refractivity contribution in [1.29, 1.82) is 0 Å². The number of nitrogens with zero attached hydrogens (tertiary/aromatic N) is 3. The number of nitrogens with one attached hydrogen (secondary N) is 2. The van der Waals surface area contributed by atoms with E-state index >= 15 is 0 Å². The molecule has 0 unspecified atom stereocenters. The van der Waals surface area contributed by atoms with Gasteiger partial charge in [-0.2, -0.15) is 4.98 Å². The fourth-order valence-electron chi connectivity index (χ4n) is 4.84. The van der Waals surface area contributed by atoms with Crippen LogP contribution in [0.5, 0.6) is 0 Å². The van der Waals surface area contributed by atoms with Gasteiger partial charge in [0.25, 0.3) is 5.56 Å². The van der Waals surface area contributed by atoms with Gasteiger partial charge >= 0.3 is 5.97 Å². The first-order valence-electron chi connectivity index (χ1n) is 13.2. The maximum Gasteiger partial charge on any atom is 0.306 e. The lowest BCUT2D eigenvalue weighted by Crippen LogP contribution is -2.30. The largest absolute Gasteiger partial charge is 0.459 e. The molecule has 1 aliphatic rings. The molecule has 4 aromatic rings. The van der Waals surface area contributed by atoms with E-state index in [0.29, 0.717) is 0 Å². The Morgan fingerprint density at radius 3 is 2.37 bits per heavy atom. The zero-order valence-corrected chi connectivity index (χ0v) is 22.2. The monoisotopic (exact) mass is 559 g/mol. The molecule has 1 saturated heterocycles. The average molecular weight is 560 g/mol. The van der Waals surface area contributed by atoms with Crippen LogP contribution in [-0.4, -0.2) is 61.1 Å². The normalized spacial score (nSPS) is 18.5. The van der Waals surface area contributed by atoms with E-state index in [1.54, 1.807) is 0 Å². The molecule has 2 aromatic heterocycles. The number of imidazole rings is 1. The lowest BCUT2D eigenvalue weighted by molar-refractivity contribution is -0.153. The second-order valence-corrected chi connectivity index (χ2v) is 9.76. The van der Waals surface area contributed by atoms with Crippen molar-refractivity contribution < 1.29 is 29.0 Å². The summed E-state index contributed by atoms with van der Waals surface area (Å²) in [6.07, 6.45) is -0.852. The molecule has 12 nitrogen and oxygen atoms in total. The number of ketones is 1. The third kappa shape index (κ3) is 6.23. The first kappa shape index (κ1) is 27.9. The van der Waals surface area contributed by atoms with Crippen molar-refractivity contribution in [3.8, 4) is 0 Å². The molecule has 0 radical (unpaired) electrons. The van der Waals surface area contributed by atoms with E-state index in [4.69, 9.17) is 9.47 Å². The summed E-state index contributed by atoms with van der Waals surface area (Å²) in [7, 11) is 0. The van der Waals surface area contributed by atoms with Crippen LogP contribution in [0.1, 0.15) is 49.5 Å². The third-order valence-corrected chi connectivity index (χ3v) is 6.84. The number of fused-ring (bicyclic) bond motifs is 1. The molecule has 3 heterocycles. The van der Waals surface area contributed by atoms with Crippen molar-refractivity contribution >= 4 is 34.8 Å². The Balaban J connectivity index is 1.39. The second kappa shape index (κ2) is 12.2. The highest BCUT2D eigenvalue weighted by Gasteiger charge is 2.39. The summed E-state index contributed by atoms with van der Waals surface area (Å²) in [4.78, 5) is 61.0. The molecular formula is C29H29N5O7. The number of carbonyl (C=O) groups is 3. The lowest BCUT2D eigenvalue weighted by Gasteiger charge is -2.18. The molecule has 5 rings (SSSR count). The highest BCUT2D eigenvalue weighted by Crippen LogP contribution is 2.33. The number of amides is 1. The van der Waals surface area contributed by atoms with Crippen LogP contribution in [-0.2, 0) is 23.9 Å². The maximum atomic E-state index is 13.5. The maximum absolute atomic E-state index is 13.5. The average Bonchev–Trinajstić information content (AvgIpc) is 3.57. The van der Waals surface area contributed by atoms with Gasteiger partial charge in [-0.15, -0.1) is 0 Å². The van der Waals surface area contributed by atoms with E-state index in [9.17, 15) is 24.3 Å². The van der Waals surface area contributed by atoms with Gasteiger partial charge in [0.15, 0.2) is 11.2 Å². The molecule has 0 saturated carbocycles. The minimum absolute atomic E-state index is 0.0247. The molecule has 1 aliphatic heterocycles. The molecule has 41 heavy (non-hydrogen) atoms. The number of Topliss-reactive ketones (excluding diaryl/α,β-unsaturated/α-hetero) is 1. The van der Waals surface area contributed by atoms with Gasteiger partial charge in [0.2, 0.25) is 11.9 Å². The Kier molecular flexibility index (Phi) is 8.31. The van der Waals surface area contributed by atoms with Crippen LogP contribution in [0.3, 0.4) is 0 Å². The number of rotatable bonds is 10. The summed E-state index contributed by atoms with van der Waals surface area (Å²) in [5.41, 5.74) is 1.14. The standard InChI is InChI=1S/C29H29N5O7/c1-17(36)12-13-23(37)41-20-14-22(40-21(20)15-35)34-16-30-25-26(34)31-29(33-28(25)39)32-27(38)24(18-8-4-2-5-9-18)19-10-6-3-7-11-19/h2-11,16,20-22,24,35H,12-15H2,1H3,(H2,31,32,33,38,39)/t20-,21+,22+/m0/s1. The number of carbonyl (C=O) groups excluding carboxylic acids is 3. The smallest absolute Gasteiger partial charge is 0.306 e. The number of benzene rings is 2. The number of anilines is 1. The highest BCUT2D eigenvalue weighted by atomic mass is 16.6.